The molecule has 0 saturated heterocycles. The first-order valence-corrected chi connectivity index (χ1v) is 4.28. The summed E-state index contributed by atoms with van der Waals surface area (Å²) < 4.78 is 0. The lowest BCUT2D eigenvalue weighted by Crippen LogP contribution is -2.08. The van der Waals surface area contributed by atoms with Gasteiger partial charge in [0.15, 0.2) is 0 Å². The summed E-state index contributed by atoms with van der Waals surface area (Å²) in [6.07, 6.45) is 0.525. The molecule has 0 aromatic heterocycles. The molecule has 14 heavy (non-hydrogen) atoms. The Morgan fingerprint density at radius 1 is 1.43 bits per heavy atom. The molecule has 4 nitrogen and oxygen atoms in total. The molecule has 0 aliphatic rings. The summed E-state index contributed by atoms with van der Waals surface area (Å²) in [7, 11) is 0. The van der Waals surface area contributed by atoms with E-state index in [0.29, 0.717) is 22.8 Å². The Kier molecular flexibility index (Phi) is 3.48. The van der Waals surface area contributed by atoms with Gasteiger partial charge in [0.1, 0.15) is 0 Å². The molecular formula is C9H9ClN2O2. The van der Waals surface area contributed by atoms with E-state index >= 15 is 0 Å². The number of benzene rings is 1. The van der Waals surface area contributed by atoms with Crippen LogP contribution in [0.4, 0.5) is 11.4 Å². The quantitative estimate of drug-likeness (QED) is 0.752. The first kappa shape index (κ1) is 10.5. The van der Waals surface area contributed by atoms with Gasteiger partial charge in [-0.25, -0.2) is 0 Å². The summed E-state index contributed by atoms with van der Waals surface area (Å²) in [5, 5.41) is 5.50. The second kappa shape index (κ2) is 4.62. The van der Waals surface area contributed by atoms with Crippen LogP contribution in [0.15, 0.2) is 18.2 Å². The lowest BCUT2D eigenvalue weighted by molar-refractivity contribution is -0.114. The number of nitrogens with one attached hydrogen (secondary N) is 2. The molecule has 0 atom stereocenters. The highest BCUT2D eigenvalue weighted by atomic mass is 35.5. The van der Waals surface area contributed by atoms with E-state index in [4.69, 9.17) is 11.6 Å². The van der Waals surface area contributed by atoms with Crippen LogP contribution in [0.25, 0.3) is 0 Å². The second-order valence-corrected chi connectivity index (χ2v) is 3.07. The SMILES string of the molecule is CC(=O)Nc1ccc(Cl)cc1NC=O. The Morgan fingerprint density at radius 2 is 2.14 bits per heavy atom. The molecule has 2 amide bonds. The molecule has 1 rings (SSSR count). The van der Waals surface area contributed by atoms with E-state index in [1.807, 2.05) is 0 Å². The van der Waals surface area contributed by atoms with Crippen LogP contribution in [0.1, 0.15) is 6.92 Å². The minimum absolute atomic E-state index is 0.207. The molecule has 0 aliphatic heterocycles. The first-order valence-electron chi connectivity index (χ1n) is 3.91. The van der Waals surface area contributed by atoms with Gasteiger partial charge >= 0.3 is 0 Å². The number of halogens is 1. The highest BCUT2D eigenvalue weighted by molar-refractivity contribution is 6.31. The number of carbonyl (C=O) groups excluding carboxylic acids is 2. The molecule has 0 fully saturated rings. The maximum atomic E-state index is 10.8. The van der Waals surface area contributed by atoms with Crippen molar-refractivity contribution < 1.29 is 9.59 Å². The summed E-state index contributed by atoms with van der Waals surface area (Å²) >= 11 is 5.72. The van der Waals surface area contributed by atoms with Crippen LogP contribution in [0.5, 0.6) is 0 Å². The Balaban J connectivity index is 3.01. The third-order valence-corrected chi connectivity index (χ3v) is 1.74. The van der Waals surface area contributed by atoms with Crippen LogP contribution in [-0.4, -0.2) is 12.3 Å². The maximum absolute atomic E-state index is 10.8. The Morgan fingerprint density at radius 3 is 2.71 bits per heavy atom. The third kappa shape index (κ3) is 2.74. The van der Waals surface area contributed by atoms with Gasteiger partial charge in [-0.1, -0.05) is 11.6 Å². The summed E-state index contributed by atoms with van der Waals surface area (Å²) in [4.78, 5) is 21.1. The fourth-order valence-corrected chi connectivity index (χ4v) is 1.17. The standard InChI is InChI=1S/C9H9ClN2O2/c1-6(14)12-8-3-2-7(10)4-9(8)11-5-13/h2-5H,1H3,(H,11,13)(H,12,14). The largest absolute Gasteiger partial charge is 0.327 e. The van der Waals surface area contributed by atoms with E-state index < -0.39 is 0 Å². The van der Waals surface area contributed by atoms with Crippen LogP contribution in [0.2, 0.25) is 5.02 Å². The van der Waals surface area contributed by atoms with Gasteiger partial charge in [0, 0.05) is 11.9 Å². The van der Waals surface area contributed by atoms with Gasteiger partial charge in [-0.05, 0) is 18.2 Å². The molecule has 2 N–H and O–H groups in total. The van der Waals surface area contributed by atoms with Crippen LogP contribution >= 0.6 is 11.6 Å². The molecule has 0 unspecified atom stereocenters. The summed E-state index contributed by atoms with van der Waals surface area (Å²) in [5.41, 5.74) is 0.997. The van der Waals surface area contributed by atoms with Crippen LogP contribution in [0.3, 0.4) is 0 Å². The van der Waals surface area contributed by atoms with Crippen molar-refractivity contribution in [3.63, 3.8) is 0 Å². The zero-order chi connectivity index (χ0) is 10.6. The predicted molar refractivity (Wildman–Crippen MR) is 55.4 cm³/mol. The molecule has 0 radical (unpaired) electrons. The van der Waals surface area contributed by atoms with Gasteiger partial charge < -0.3 is 10.6 Å². The predicted octanol–water partition coefficient (Wildman–Crippen LogP) is 1.87. The molecule has 1 aromatic carbocycles. The van der Waals surface area contributed by atoms with Gasteiger partial charge in [-0.15, -0.1) is 0 Å². The zero-order valence-electron chi connectivity index (χ0n) is 7.50. The van der Waals surface area contributed by atoms with E-state index in [0.717, 1.165) is 0 Å². The fourth-order valence-electron chi connectivity index (χ4n) is 0.998. The van der Waals surface area contributed by atoms with Crippen molar-refractivity contribution in [2.24, 2.45) is 0 Å². The van der Waals surface area contributed by atoms with E-state index in [1.54, 1.807) is 18.2 Å². The smallest absolute Gasteiger partial charge is 0.221 e. The van der Waals surface area contributed by atoms with Crippen LogP contribution < -0.4 is 10.6 Å². The number of hydrogen-bond acceptors (Lipinski definition) is 2. The Hall–Kier alpha value is -1.55. The van der Waals surface area contributed by atoms with Crippen molar-refractivity contribution in [3.05, 3.63) is 23.2 Å². The molecule has 74 valence electrons. The maximum Gasteiger partial charge on any atom is 0.221 e. The van der Waals surface area contributed by atoms with Crippen molar-refractivity contribution in [2.45, 2.75) is 6.92 Å². The number of hydrogen-bond donors (Lipinski definition) is 2. The molecule has 0 saturated carbocycles. The highest BCUT2D eigenvalue weighted by Crippen LogP contribution is 2.25. The number of carbonyl (C=O) groups is 2. The minimum Gasteiger partial charge on any atom is -0.327 e. The first-order chi connectivity index (χ1) is 6.63. The lowest BCUT2D eigenvalue weighted by Gasteiger charge is -2.08. The molecule has 0 heterocycles. The minimum atomic E-state index is -0.207. The van der Waals surface area contributed by atoms with E-state index in [2.05, 4.69) is 10.6 Å². The molecular weight excluding hydrogens is 204 g/mol. The van der Waals surface area contributed by atoms with Crippen molar-refractivity contribution in [1.82, 2.24) is 0 Å². The Bertz CT molecular complexity index is 366. The second-order valence-electron chi connectivity index (χ2n) is 2.63. The summed E-state index contributed by atoms with van der Waals surface area (Å²) in [6.45, 7) is 1.39. The molecule has 0 spiro atoms. The van der Waals surface area contributed by atoms with Crippen LogP contribution in [0, 0.1) is 0 Å². The summed E-state index contributed by atoms with van der Waals surface area (Å²) in [5.74, 6) is -0.207. The molecule has 1 aromatic rings. The van der Waals surface area contributed by atoms with E-state index in [9.17, 15) is 9.59 Å². The molecule has 0 bridgehead atoms. The number of amides is 2. The fraction of sp³-hybridized carbons (Fsp3) is 0.111. The van der Waals surface area contributed by atoms with Gasteiger partial charge in [-0.3, -0.25) is 9.59 Å². The van der Waals surface area contributed by atoms with Gasteiger partial charge in [0.2, 0.25) is 12.3 Å². The van der Waals surface area contributed by atoms with E-state index in [-0.39, 0.29) is 5.91 Å². The normalized spacial score (nSPS) is 9.29. The summed E-state index contributed by atoms with van der Waals surface area (Å²) in [6, 6.07) is 4.81. The van der Waals surface area contributed by atoms with Gasteiger partial charge in [-0.2, -0.15) is 0 Å². The Labute approximate surface area is 86.3 Å². The van der Waals surface area contributed by atoms with Gasteiger partial charge in [0.25, 0.3) is 0 Å². The number of rotatable bonds is 3. The average Bonchev–Trinajstić information content (AvgIpc) is 2.09. The monoisotopic (exact) mass is 212 g/mol. The number of anilines is 2. The zero-order valence-corrected chi connectivity index (χ0v) is 8.26. The molecule has 5 heteroatoms. The van der Waals surface area contributed by atoms with Crippen molar-refractivity contribution in [3.8, 4) is 0 Å². The third-order valence-electron chi connectivity index (χ3n) is 1.51. The van der Waals surface area contributed by atoms with Crippen molar-refractivity contribution in [2.75, 3.05) is 10.6 Å². The van der Waals surface area contributed by atoms with Crippen molar-refractivity contribution in [1.29, 1.82) is 0 Å². The van der Waals surface area contributed by atoms with Gasteiger partial charge in [0.05, 0.1) is 11.4 Å². The topological polar surface area (TPSA) is 58.2 Å². The van der Waals surface area contributed by atoms with Crippen LogP contribution in [-0.2, 0) is 9.59 Å². The van der Waals surface area contributed by atoms with Crippen molar-refractivity contribution >= 4 is 35.3 Å². The molecule has 0 aliphatic carbocycles. The van der Waals surface area contributed by atoms with E-state index in [1.165, 1.54) is 6.92 Å². The lowest BCUT2D eigenvalue weighted by atomic mass is 10.2. The highest BCUT2D eigenvalue weighted by Gasteiger charge is 2.03. The average molecular weight is 213 g/mol.